The molecule has 98 valence electrons. The molecule has 2 nitrogen and oxygen atoms in total. The molecule has 1 aliphatic rings. The third-order valence-corrected chi connectivity index (χ3v) is 4.19. The zero-order chi connectivity index (χ0) is 13.2. The maximum absolute atomic E-state index is 14.1. The molecule has 0 amide bonds. The van der Waals surface area contributed by atoms with Crippen LogP contribution in [0.5, 0.6) is 0 Å². The van der Waals surface area contributed by atoms with E-state index < -0.39 is 0 Å². The molecule has 4 heteroatoms. The van der Waals surface area contributed by atoms with Gasteiger partial charge >= 0.3 is 0 Å². The Hall–Kier alpha value is -1.68. The van der Waals surface area contributed by atoms with Crippen LogP contribution in [0.15, 0.2) is 35.7 Å². The van der Waals surface area contributed by atoms with Gasteiger partial charge in [0.2, 0.25) is 0 Å². The Morgan fingerprint density at radius 1 is 1.32 bits per heavy atom. The summed E-state index contributed by atoms with van der Waals surface area (Å²) in [5.41, 5.74) is 0.886. The molecular formula is C15H14FNOS. The summed E-state index contributed by atoms with van der Waals surface area (Å²) in [5, 5.41) is 2.02. The second kappa shape index (κ2) is 5.13. The van der Waals surface area contributed by atoms with Crippen molar-refractivity contribution in [3.8, 4) is 0 Å². The summed E-state index contributed by atoms with van der Waals surface area (Å²) in [6, 6.07) is 9.08. The van der Waals surface area contributed by atoms with Gasteiger partial charge in [0.05, 0.1) is 12.2 Å². The molecule has 0 unspecified atom stereocenters. The second-order valence-corrected chi connectivity index (χ2v) is 5.77. The van der Waals surface area contributed by atoms with E-state index >= 15 is 0 Å². The minimum Gasteiger partial charge on any atom is -0.360 e. The molecule has 1 heterocycles. The Bertz CT molecular complexity index is 578. The predicted octanol–water partition coefficient (Wildman–Crippen LogP) is 3.87. The molecule has 3 rings (SSSR count). The summed E-state index contributed by atoms with van der Waals surface area (Å²) < 4.78 is 14.1. The number of benzene rings is 1. The normalized spacial score (nSPS) is 14.4. The highest BCUT2D eigenvalue weighted by Crippen LogP contribution is 2.36. The number of nitrogens with zero attached hydrogens (tertiary/aromatic N) is 1. The molecule has 1 aromatic heterocycles. The first kappa shape index (κ1) is 12.4. The van der Waals surface area contributed by atoms with Crippen LogP contribution in [-0.4, -0.2) is 12.3 Å². The fourth-order valence-electron chi connectivity index (χ4n) is 2.28. The fraction of sp³-hybridized carbons (Fsp3) is 0.267. The van der Waals surface area contributed by atoms with Crippen molar-refractivity contribution in [2.75, 3.05) is 4.90 Å². The molecule has 0 N–H and O–H groups in total. The monoisotopic (exact) mass is 275 g/mol. The Labute approximate surface area is 115 Å². The van der Waals surface area contributed by atoms with E-state index in [-0.39, 0.29) is 5.82 Å². The van der Waals surface area contributed by atoms with Crippen LogP contribution in [0.1, 0.15) is 28.1 Å². The van der Waals surface area contributed by atoms with Crippen molar-refractivity contribution in [2.24, 2.45) is 0 Å². The molecule has 0 radical (unpaired) electrons. The highest BCUT2D eigenvalue weighted by molar-refractivity contribution is 7.09. The van der Waals surface area contributed by atoms with Gasteiger partial charge in [0, 0.05) is 16.5 Å². The van der Waals surface area contributed by atoms with Crippen LogP contribution in [-0.2, 0) is 6.54 Å². The molecule has 19 heavy (non-hydrogen) atoms. The van der Waals surface area contributed by atoms with Crippen LogP contribution in [0.4, 0.5) is 10.1 Å². The lowest BCUT2D eigenvalue weighted by molar-refractivity contribution is 0.112. The van der Waals surface area contributed by atoms with Gasteiger partial charge in [-0.3, -0.25) is 4.79 Å². The van der Waals surface area contributed by atoms with E-state index in [0.29, 0.717) is 23.8 Å². The van der Waals surface area contributed by atoms with Gasteiger partial charge < -0.3 is 4.90 Å². The number of halogens is 1. The van der Waals surface area contributed by atoms with Crippen LogP contribution in [0.3, 0.4) is 0 Å². The lowest BCUT2D eigenvalue weighted by Gasteiger charge is -2.26. The highest BCUT2D eigenvalue weighted by Gasteiger charge is 2.32. The molecule has 0 atom stereocenters. The molecule has 0 aliphatic heterocycles. The van der Waals surface area contributed by atoms with Crippen molar-refractivity contribution >= 4 is 23.3 Å². The van der Waals surface area contributed by atoms with Crippen molar-refractivity contribution in [1.82, 2.24) is 0 Å². The predicted molar refractivity (Wildman–Crippen MR) is 75.3 cm³/mol. The molecule has 0 spiro atoms. The maximum atomic E-state index is 14.1. The first-order valence-corrected chi connectivity index (χ1v) is 7.20. The van der Waals surface area contributed by atoms with Crippen LogP contribution in [0.25, 0.3) is 0 Å². The van der Waals surface area contributed by atoms with Crippen LogP contribution in [0, 0.1) is 5.82 Å². The molecular weight excluding hydrogens is 261 g/mol. The van der Waals surface area contributed by atoms with E-state index in [2.05, 4.69) is 0 Å². The van der Waals surface area contributed by atoms with E-state index in [1.165, 1.54) is 10.9 Å². The van der Waals surface area contributed by atoms with E-state index in [0.717, 1.165) is 19.1 Å². The first-order chi connectivity index (χ1) is 9.29. The van der Waals surface area contributed by atoms with Crippen LogP contribution in [0.2, 0.25) is 0 Å². The van der Waals surface area contributed by atoms with Crippen LogP contribution < -0.4 is 4.90 Å². The van der Waals surface area contributed by atoms with Crippen molar-refractivity contribution in [1.29, 1.82) is 0 Å². The molecule has 0 bridgehead atoms. The van der Waals surface area contributed by atoms with Gasteiger partial charge in [-0.05, 0) is 36.4 Å². The average molecular weight is 275 g/mol. The zero-order valence-corrected chi connectivity index (χ0v) is 11.2. The third-order valence-electron chi connectivity index (χ3n) is 3.33. The van der Waals surface area contributed by atoms with Gasteiger partial charge in [-0.15, -0.1) is 11.3 Å². The molecule has 0 saturated heterocycles. The summed E-state index contributed by atoms with van der Waals surface area (Å²) in [4.78, 5) is 14.4. The summed E-state index contributed by atoms with van der Waals surface area (Å²) in [6.45, 7) is 0.671. The number of aldehydes is 1. The lowest BCUT2D eigenvalue weighted by Crippen LogP contribution is -2.26. The number of carbonyl (C=O) groups is 1. The van der Waals surface area contributed by atoms with E-state index in [4.69, 9.17) is 0 Å². The van der Waals surface area contributed by atoms with E-state index in [1.54, 1.807) is 23.5 Å². The van der Waals surface area contributed by atoms with Crippen molar-refractivity contribution < 1.29 is 9.18 Å². The molecule has 1 fully saturated rings. The SMILES string of the molecule is O=Cc1cccc(F)c1N(Cc1cccs1)C1CC1. The standard InChI is InChI=1S/C15H14FNOS/c16-14-5-1-3-11(10-18)15(14)17(12-6-7-12)9-13-4-2-8-19-13/h1-5,8,10,12H,6-7,9H2. The van der Waals surface area contributed by atoms with E-state index in [1.807, 2.05) is 22.4 Å². The molecule has 2 aromatic rings. The number of thiophene rings is 1. The summed E-state index contributed by atoms with van der Waals surface area (Å²) >= 11 is 1.66. The summed E-state index contributed by atoms with van der Waals surface area (Å²) in [7, 11) is 0. The van der Waals surface area contributed by atoms with Crippen LogP contribution >= 0.6 is 11.3 Å². The van der Waals surface area contributed by atoms with Gasteiger partial charge in [-0.25, -0.2) is 4.39 Å². The van der Waals surface area contributed by atoms with Gasteiger partial charge in [0.15, 0.2) is 6.29 Å². The molecule has 1 saturated carbocycles. The van der Waals surface area contributed by atoms with E-state index in [9.17, 15) is 9.18 Å². The minimum atomic E-state index is -0.312. The Balaban J connectivity index is 1.98. The Morgan fingerprint density at radius 3 is 2.79 bits per heavy atom. The van der Waals surface area contributed by atoms with Gasteiger partial charge in [-0.2, -0.15) is 0 Å². The maximum Gasteiger partial charge on any atom is 0.152 e. The number of para-hydroxylation sites is 1. The smallest absolute Gasteiger partial charge is 0.152 e. The Morgan fingerprint density at radius 2 is 2.16 bits per heavy atom. The quantitative estimate of drug-likeness (QED) is 0.772. The summed E-state index contributed by atoms with van der Waals surface area (Å²) in [6.07, 6.45) is 2.87. The molecule has 1 aromatic carbocycles. The third kappa shape index (κ3) is 2.54. The minimum absolute atomic E-state index is 0.312. The zero-order valence-electron chi connectivity index (χ0n) is 10.4. The average Bonchev–Trinajstić information content (AvgIpc) is 3.14. The van der Waals surface area contributed by atoms with Gasteiger partial charge in [0.25, 0.3) is 0 Å². The second-order valence-electron chi connectivity index (χ2n) is 4.73. The van der Waals surface area contributed by atoms with Crippen molar-refractivity contribution in [2.45, 2.75) is 25.4 Å². The number of hydrogen-bond acceptors (Lipinski definition) is 3. The van der Waals surface area contributed by atoms with Gasteiger partial charge in [-0.1, -0.05) is 12.1 Å². The van der Waals surface area contributed by atoms with Crippen molar-refractivity contribution in [3.63, 3.8) is 0 Å². The number of hydrogen-bond donors (Lipinski definition) is 0. The number of anilines is 1. The largest absolute Gasteiger partial charge is 0.360 e. The number of rotatable bonds is 5. The summed E-state index contributed by atoms with van der Waals surface area (Å²) in [5.74, 6) is -0.312. The topological polar surface area (TPSA) is 20.3 Å². The first-order valence-electron chi connectivity index (χ1n) is 6.32. The fourth-order valence-corrected chi connectivity index (χ4v) is 2.98. The molecule has 1 aliphatic carbocycles. The Kier molecular flexibility index (Phi) is 3.34. The number of carbonyl (C=O) groups excluding carboxylic acids is 1. The van der Waals surface area contributed by atoms with Gasteiger partial charge in [0.1, 0.15) is 5.82 Å². The lowest BCUT2D eigenvalue weighted by atomic mass is 10.1. The highest BCUT2D eigenvalue weighted by atomic mass is 32.1. The van der Waals surface area contributed by atoms with Crippen molar-refractivity contribution in [3.05, 3.63) is 52.0 Å².